The number of hydrogen-bond acceptors (Lipinski definition) is 5. The van der Waals surface area contributed by atoms with Gasteiger partial charge in [0.25, 0.3) is 0 Å². The Morgan fingerprint density at radius 1 is 1.71 bits per heavy atom. The lowest BCUT2D eigenvalue weighted by atomic mass is 10.4. The van der Waals surface area contributed by atoms with Gasteiger partial charge in [-0.2, -0.15) is 0 Å². The first-order chi connectivity index (χ1) is 8.02. The normalized spacial score (nSPS) is 11.6. The van der Waals surface area contributed by atoms with Crippen LogP contribution in [-0.2, 0) is 4.79 Å². The third kappa shape index (κ3) is 4.33. The van der Waals surface area contributed by atoms with E-state index in [1.165, 1.54) is 11.8 Å². The molecule has 0 saturated carbocycles. The van der Waals surface area contributed by atoms with E-state index in [4.69, 9.17) is 12.2 Å². The molecule has 1 heterocycles. The van der Waals surface area contributed by atoms with Crippen LogP contribution in [0.1, 0.15) is 12.6 Å². The molecule has 0 bridgehead atoms. The average molecular weight is 250 g/mol. The van der Waals surface area contributed by atoms with Crippen LogP contribution in [0.4, 0.5) is 5.82 Å². The molecule has 17 heavy (non-hydrogen) atoms. The molecule has 1 aromatic rings. The molecule has 5 nitrogen and oxygen atoms in total. The highest BCUT2D eigenvalue weighted by molar-refractivity contribution is 8.00. The first-order valence-corrected chi connectivity index (χ1v) is 5.90. The summed E-state index contributed by atoms with van der Waals surface area (Å²) in [5.74, 6) is 2.60. The molecule has 0 aliphatic rings. The van der Waals surface area contributed by atoms with Gasteiger partial charge in [-0.3, -0.25) is 4.79 Å². The number of aryl methyl sites for hydroxylation is 1. The van der Waals surface area contributed by atoms with Crippen LogP contribution in [0.15, 0.2) is 11.2 Å². The second-order valence-corrected chi connectivity index (χ2v) is 4.71. The number of carbonyl (C=O) groups is 1. The predicted molar refractivity (Wildman–Crippen MR) is 68.3 cm³/mol. The minimum atomic E-state index is -0.315. The zero-order chi connectivity index (χ0) is 12.8. The maximum absolute atomic E-state index is 11.6. The van der Waals surface area contributed by atoms with Crippen molar-refractivity contribution in [2.24, 2.45) is 0 Å². The van der Waals surface area contributed by atoms with E-state index in [1.807, 2.05) is 6.92 Å². The summed E-state index contributed by atoms with van der Waals surface area (Å²) in [6, 6.07) is 1.67. The van der Waals surface area contributed by atoms with Crippen molar-refractivity contribution in [3.8, 4) is 12.3 Å². The molecule has 0 aliphatic heterocycles. The van der Waals surface area contributed by atoms with Gasteiger partial charge >= 0.3 is 0 Å². The van der Waals surface area contributed by atoms with E-state index in [9.17, 15) is 4.79 Å². The number of nitrogens with two attached hydrogens (primary N) is 1. The average Bonchev–Trinajstić information content (AvgIpc) is 2.24. The van der Waals surface area contributed by atoms with Gasteiger partial charge in [-0.25, -0.2) is 9.97 Å². The number of rotatable bonds is 4. The molecule has 0 aromatic carbocycles. The second-order valence-electron chi connectivity index (χ2n) is 3.40. The molecular formula is C11H14N4OS. The van der Waals surface area contributed by atoms with Gasteiger partial charge in [0.2, 0.25) is 5.91 Å². The van der Waals surface area contributed by atoms with Crippen LogP contribution in [0, 0.1) is 19.3 Å². The van der Waals surface area contributed by atoms with Gasteiger partial charge in [0.1, 0.15) is 5.82 Å². The number of aromatic nitrogens is 2. The Kier molecular flexibility index (Phi) is 4.79. The molecule has 1 aromatic heterocycles. The van der Waals surface area contributed by atoms with Crippen molar-refractivity contribution in [2.45, 2.75) is 24.3 Å². The summed E-state index contributed by atoms with van der Waals surface area (Å²) >= 11 is 1.25. The van der Waals surface area contributed by atoms with E-state index >= 15 is 0 Å². The summed E-state index contributed by atoms with van der Waals surface area (Å²) in [7, 11) is 0. The maximum Gasteiger partial charge on any atom is 0.234 e. The topological polar surface area (TPSA) is 80.9 Å². The van der Waals surface area contributed by atoms with E-state index in [2.05, 4.69) is 21.2 Å². The highest BCUT2D eigenvalue weighted by atomic mass is 32.2. The smallest absolute Gasteiger partial charge is 0.234 e. The molecule has 0 spiro atoms. The summed E-state index contributed by atoms with van der Waals surface area (Å²) in [5, 5.41) is 2.78. The van der Waals surface area contributed by atoms with Gasteiger partial charge in [-0.15, -0.1) is 6.42 Å². The van der Waals surface area contributed by atoms with Crippen LogP contribution in [-0.4, -0.2) is 27.7 Å². The maximum atomic E-state index is 11.6. The Morgan fingerprint density at radius 2 is 2.41 bits per heavy atom. The van der Waals surface area contributed by atoms with Crippen molar-refractivity contribution in [3.05, 3.63) is 11.8 Å². The van der Waals surface area contributed by atoms with E-state index in [1.54, 1.807) is 13.0 Å². The number of amides is 1. The highest BCUT2D eigenvalue weighted by Crippen LogP contribution is 2.20. The fraction of sp³-hybridized carbons (Fsp3) is 0.364. The van der Waals surface area contributed by atoms with Crippen LogP contribution in [0.5, 0.6) is 0 Å². The van der Waals surface area contributed by atoms with Crippen molar-refractivity contribution in [1.29, 1.82) is 0 Å². The summed E-state index contributed by atoms with van der Waals surface area (Å²) in [6.07, 6.45) is 5.06. The number of nitrogen functional groups attached to an aromatic ring is 1. The van der Waals surface area contributed by atoms with Gasteiger partial charge in [-0.05, 0) is 13.8 Å². The zero-order valence-corrected chi connectivity index (χ0v) is 10.5. The molecule has 1 atom stereocenters. The molecule has 1 unspecified atom stereocenters. The van der Waals surface area contributed by atoms with Gasteiger partial charge in [0, 0.05) is 11.8 Å². The van der Waals surface area contributed by atoms with Crippen LogP contribution in [0.25, 0.3) is 0 Å². The SMILES string of the molecule is C#CCNC(=O)C(C)Sc1nc(C)cc(N)n1. The van der Waals surface area contributed by atoms with E-state index in [0.29, 0.717) is 11.0 Å². The third-order valence-corrected chi connectivity index (χ3v) is 2.83. The lowest BCUT2D eigenvalue weighted by Gasteiger charge is -2.09. The molecule has 90 valence electrons. The van der Waals surface area contributed by atoms with E-state index < -0.39 is 0 Å². The fourth-order valence-corrected chi connectivity index (χ4v) is 1.97. The van der Waals surface area contributed by atoms with Crippen molar-refractivity contribution < 1.29 is 4.79 Å². The quantitative estimate of drug-likeness (QED) is 0.464. The minimum Gasteiger partial charge on any atom is -0.384 e. The Balaban J connectivity index is 2.64. The summed E-state index contributed by atoms with van der Waals surface area (Å²) < 4.78 is 0. The Bertz CT molecular complexity index is 435. The lowest BCUT2D eigenvalue weighted by Crippen LogP contribution is -2.31. The third-order valence-electron chi connectivity index (χ3n) is 1.87. The van der Waals surface area contributed by atoms with Gasteiger partial charge in [0.15, 0.2) is 5.16 Å². The largest absolute Gasteiger partial charge is 0.384 e. The summed E-state index contributed by atoms with van der Waals surface area (Å²) in [6.45, 7) is 3.81. The molecular weight excluding hydrogens is 236 g/mol. The molecule has 1 rings (SSSR count). The number of anilines is 1. The molecule has 0 radical (unpaired) electrons. The number of hydrogen-bond donors (Lipinski definition) is 2. The molecule has 6 heteroatoms. The molecule has 1 amide bonds. The van der Waals surface area contributed by atoms with Crippen molar-refractivity contribution in [1.82, 2.24) is 15.3 Å². The van der Waals surface area contributed by atoms with E-state index in [-0.39, 0.29) is 17.7 Å². The van der Waals surface area contributed by atoms with Crippen LogP contribution in [0.3, 0.4) is 0 Å². The number of carbonyl (C=O) groups excluding carboxylic acids is 1. The summed E-state index contributed by atoms with van der Waals surface area (Å²) in [4.78, 5) is 19.8. The predicted octanol–water partition coefficient (Wildman–Crippen LogP) is 0.597. The molecule has 0 saturated heterocycles. The Hall–Kier alpha value is -1.74. The fourth-order valence-electron chi connectivity index (χ4n) is 1.11. The van der Waals surface area contributed by atoms with Crippen LogP contribution in [0.2, 0.25) is 0 Å². The Labute approximate surface area is 105 Å². The first kappa shape index (κ1) is 13.3. The second kappa shape index (κ2) is 6.11. The standard InChI is InChI=1S/C11H14N4OS/c1-4-5-13-10(16)8(3)17-11-14-7(2)6-9(12)15-11/h1,6,8H,5H2,2-3H3,(H,13,16)(H2,12,14,15). The zero-order valence-electron chi connectivity index (χ0n) is 9.73. The number of nitrogens with one attached hydrogen (secondary N) is 1. The van der Waals surface area contributed by atoms with Gasteiger partial charge < -0.3 is 11.1 Å². The lowest BCUT2D eigenvalue weighted by molar-refractivity contribution is -0.120. The van der Waals surface area contributed by atoms with Gasteiger partial charge in [-0.1, -0.05) is 17.7 Å². The van der Waals surface area contributed by atoms with Crippen molar-refractivity contribution >= 4 is 23.5 Å². The minimum absolute atomic E-state index is 0.142. The number of nitrogens with zero attached hydrogens (tertiary/aromatic N) is 2. The van der Waals surface area contributed by atoms with E-state index in [0.717, 1.165) is 5.69 Å². The highest BCUT2D eigenvalue weighted by Gasteiger charge is 2.15. The Morgan fingerprint density at radius 3 is 3.00 bits per heavy atom. The molecule has 0 aliphatic carbocycles. The van der Waals surface area contributed by atoms with Crippen molar-refractivity contribution in [2.75, 3.05) is 12.3 Å². The monoisotopic (exact) mass is 250 g/mol. The number of thioether (sulfide) groups is 1. The number of terminal acetylenes is 1. The van der Waals surface area contributed by atoms with Crippen molar-refractivity contribution in [3.63, 3.8) is 0 Å². The van der Waals surface area contributed by atoms with Crippen LogP contribution < -0.4 is 11.1 Å². The molecule has 3 N–H and O–H groups in total. The first-order valence-electron chi connectivity index (χ1n) is 5.02. The van der Waals surface area contributed by atoms with Crippen LogP contribution >= 0.6 is 11.8 Å². The molecule has 0 fully saturated rings. The van der Waals surface area contributed by atoms with Gasteiger partial charge in [0.05, 0.1) is 11.8 Å². The summed E-state index contributed by atoms with van der Waals surface area (Å²) in [5.41, 5.74) is 6.37.